The van der Waals surface area contributed by atoms with Crippen LogP contribution in [0.25, 0.3) is 0 Å². The van der Waals surface area contributed by atoms with E-state index in [-0.39, 0.29) is 12.0 Å². The minimum absolute atomic E-state index is 0.0741. The number of likely N-dealkylation sites (tertiary alicyclic amines) is 1. The minimum Gasteiger partial charge on any atom is -0.444 e. The maximum atomic E-state index is 12.2. The Kier molecular flexibility index (Phi) is 5.82. The molecule has 128 valence electrons. The fraction of sp³-hybridized carbons (Fsp3) is 0.588. The van der Waals surface area contributed by atoms with Crippen molar-refractivity contribution >= 4 is 29.3 Å². The second kappa shape index (κ2) is 7.29. The highest BCUT2D eigenvalue weighted by molar-refractivity contribution is 6.35. The van der Waals surface area contributed by atoms with Crippen LogP contribution in [0.4, 0.5) is 4.79 Å². The number of aliphatic hydroxyl groups is 1. The largest absolute Gasteiger partial charge is 0.444 e. The summed E-state index contributed by atoms with van der Waals surface area (Å²) in [6.07, 6.45) is 0.336. The van der Waals surface area contributed by atoms with Crippen molar-refractivity contribution in [3.8, 4) is 0 Å². The quantitative estimate of drug-likeness (QED) is 0.862. The molecule has 4 nitrogen and oxygen atoms in total. The van der Waals surface area contributed by atoms with Gasteiger partial charge in [0.05, 0.1) is 6.10 Å². The van der Waals surface area contributed by atoms with Gasteiger partial charge in [0, 0.05) is 29.1 Å². The lowest BCUT2D eigenvalue weighted by molar-refractivity contribution is -0.00823. The molecule has 0 spiro atoms. The van der Waals surface area contributed by atoms with Crippen molar-refractivity contribution in [2.45, 2.75) is 45.3 Å². The van der Waals surface area contributed by atoms with Crippen molar-refractivity contribution < 1.29 is 14.6 Å². The van der Waals surface area contributed by atoms with Crippen LogP contribution < -0.4 is 0 Å². The average molecular weight is 360 g/mol. The summed E-state index contributed by atoms with van der Waals surface area (Å²) in [7, 11) is 0. The smallest absolute Gasteiger partial charge is 0.410 e. The highest BCUT2D eigenvalue weighted by Gasteiger charge is 2.32. The molecule has 1 aliphatic rings. The molecule has 0 aromatic heterocycles. The number of carbonyl (C=O) groups is 1. The predicted octanol–water partition coefficient (Wildman–Crippen LogP) is 4.15. The van der Waals surface area contributed by atoms with E-state index in [4.69, 9.17) is 27.9 Å². The Morgan fingerprint density at radius 1 is 1.39 bits per heavy atom. The molecule has 1 saturated heterocycles. The van der Waals surface area contributed by atoms with Gasteiger partial charge in [0.25, 0.3) is 0 Å². The lowest BCUT2D eigenvalue weighted by Gasteiger charge is -2.37. The molecule has 23 heavy (non-hydrogen) atoms. The van der Waals surface area contributed by atoms with Crippen molar-refractivity contribution in [3.05, 3.63) is 33.8 Å². The molecule has 0 aliphatic carbocycles. The van der Waals surface area contributed by atoms with Crippen LogP contribution in [0.2, 0.25) is 10.0 Å². The summed E-state index contributed by atoms with van der Waals surface area (Å²) in [5.41, 5.74) is 0.397. The number of hydrogen-bond donors (Lipinski definition) is 1. The molecular weight excluding hydrogens is 337 g/mol. The van der Waals surface area contributed by atoms with E-state index in [2.05, 4.69) is 0 Å². The van der Waals surface area contributed by atoms with Crippen LogP contribution in [0.5, 0.6) is 0 Å². The van der Waals surface area contributed by atoms with Gasteiger partial charge in [0.1, 0.15) is 5.60 Å². The van der Waals surface area contributed by atoms with Crippen molar-refractivity contribution in [3.63, 3.8) is 0 Å². The summed E-state index contributed by atoms with van der Waals surface area (Å²) < 4.78 is 5.41. The number of halogens is 2. The van der Waals surface area contributed by atoms with Gasteiger partial charge in [-0.1, -0.05) is 29.3 Å². The summed E-state index contributed by atoms with van der Waals surface area (Å²) >= 11 is 12.1. The van der Waals surface area contributed by atoms with Crippen LogP contribution in [-0.4, -0.2) is 40.9 Å². The van der Waals surface area contributed by atoms with Gasteiger partial charge < -0.3 is 14.7 Å². The number of aliphatic hydroxyl groups excluding tert-OH is 1. The fourth-order valence-electron chi connectivity index (χ4n) is 2.68. The number of nitrogens with zero attached hydrogens (tertiary/aromatic N) is 1. The number of amides is 1. The number of benzene rings is 1. The van der Waals surface area contributed by atoms with Crippen molar-refractivity contribution in [1.29, 1.82) is 0 Å². The Labute approximate surface area is 147 Å². The summed E-state index contributed by atoms with van der Waals surface area (Å²) in [4.78, 5) is 13.9. The van der Waals surface area contributed by atoms with Crippen molar-refractivity contribution in [1.82, 2.24) is 4.90 Å². The fourth-order valence-corrected chi connectivity index (χ4v) is 3.17. The molecule has 0 saturated carbocycles. The van der Waals surface area contributed by atoms with E-state index in [1.165, 1.54) is 0 Å². The predicted molar refractivity (Wildman–Crippen MR) is 92.1 cm³/mol. The van der Waals surface area contributed by atoms with Crippen LogP contribution in [0.15, 0.2) is 18.2 Å². The zero-order chi connectivity index (χ0) is 17.2. The van der Waals surface area contributed by atoms with E-state index in [0.717, 1.165) is 5.56 Å². The lowest BCUT2D eigenvalue weighted by Crippen LogP contribution is -2.48. The van der Waals surface area contributed by atoms with E-state index in [1.54, 1.807) is 17.0 Å². The number of carbonyl (C=O) groups excluding carboxylic acids is 1. The summed E-state index contributed by atoms with van der Waals surface area (Å²) in [6.45, 7) is 6.48. The first-order valence-electron chi connectivity index (χ1n) is 7.75. The summed E-state index contributed by atoms with van der Waals surface area (Å²) in [6, 6.07) is 5.34. The van der Waals surface area contributed by atoms with E-state index in [9.17, 15) is 9.90 Å². The molecule has 2 rings (SSSR count). The summed E-state index contributed by atoms with van der Waals surface area (Å²) in [5.74, 6) is -0.0741. The Morgan fingerprint density at radius 3 is 2.70 bits per heavy atom. The molecule has 1 aromatic carbocycles. The van der Waals surface area contributed by atoms with Crippen molar-refractivity contribution in [2.75, 3.05) is 13.1 Å². The number of ether oxygens (including phenoxy) is 1. The molecule has 1 fully saturated rings. The lowest BCUT2D eigenvalue weighted by atomic mass is 9.89. The first kappa shape index (κ1) is 18.4. The number of hydrogen-bond acceptors (Lipinski definition) is 3. The Bertz CT molecular complexity index is 571. The van der Waals surface area contributed by atoms with Gasteiger partial charge >= 0.3 is 6.09 Å². The normalized spacial score (nSPS) is 22.1. The standard InChI is InChI=1S/C17H23Cl2NO3/c1-17(2,3)23-16(22)20-7-6-15(21)12(10-20)8-11-4-5-13(18)9-14(11)19/h4-5,9,12,15,21H,6-8,10H2,1-3H3. The molecule has 6 heteroatoms. The summed E-state index contributed by atoms with van der Waals surface area (Å²) in [5, 5.41) is 11.4. The number of piperidine rings is 1. The van der Waals surface area contributed by atoms with Gasteiger partial charge in [-0.05, 0) is 51.3 Å². The molecule has 1 heterocycles. The Morgan fingerprint density at radius 2 is 2.09 bits per heavy atom. The van der Waals surface area contributed by atoms with Crippen LogP contribution in [0, 0.1) is 5.92 Å². The average Bonchev–Trinajstić information content (AvgIpc) is 2.42. The zero-order valence-corrected chi connectivity index (χ0v) is 15.2. The Hall–Kier alpha value is -0.970. The Balaban J connectivity index is 2.04. The van der Waals surface area contributed by atoms with Gasteiger partial charge in [-0.2, -0.15) is 0 Å². The first-order chi connectivity index (χ1) is 10.7. The molecule has 1 N–H and O–H groups in total. The van der Waals surface area contributed by atoms with Crippen LogP contribution >= 0.6 is 23.2 Å². The first-order valence-corrected chi connectivity index (χ1v) is 8.51. The minimum atomic E-state index is -0.526. The zero-order valence-electron chi connectivity index (χ0n) is 13.7. The molecule has 0 bridgehead atoms. The molecule has 2 atom stereocenters. The van der Waals surface area contributed by atoms with Crippen molar-refractivity contribution in [2.24, 2.45) is 5.92 Å². The maximum absolute atomic E-state index is 12.2. The van der Waals surface area contributed by atoms with E-state index >= 15 is 0 Å². The van der Waals surface area contributed by atoms with Gasteiger partial charge in [-0.25, -0.2) is 4.79 Å². The van der Waals surface area contributed by atoms with Crippen LogP contribution in [0.3, 0.4) is 0 Å². The van der Waals surface area contributed by atoms with Crippen LogP contribution in [0.1, 0.15) is 32.8 Å². The second-order valence-corrected chi connectivity index (χ2v) is 7.83. The molecule has 0 radical (unpaired) electrons. The highest BCUT2D eigenvalue weighted by Crippen LogP contribution is 2.28. The molecule has 1 aromatic rings. The highest BCUT2D eigenvalue weighted by atomic mass is 35.5. The molecule has 2 unspecified atom stereocenters. The topological polar surface area (TPSA) is 49.8 Å². The van der Waals surface area contributed by atoms with Crippen LogP contribution in [-0.2, 0) is 11.2 Å². The molecular formula is C17H23Cl2NO3. The van der Waals surface area contributed by atoms with E-state index < -0.39 is 11.7 Å². The third kappa shape index (κ3) is 5.27. The molecule has 1 aliphatic heterocycles. The van der Waals surface area contributed by atoms with Gasteiger partial charge in [0.15, 0.2) is 0 Å². The second-order valence-electron chi connectivity index (χ2n) is 6.98. The van der Waals surface area contributed by atoms with E-state index in [1.807, 2.05) is 26.8 Å². The monoisotopic (exact) mass is 359 g/mol. The number of rotatable bonds is 2. The molecule has 1 amide bonds. The van der Waals surface area contributed by atoms with Gasteiger partial charge in [-0.15, -0.1) is 0 Å². The van der Waals surface area contributed by atoms with Gasteiger partial charge in [-0.3, -0.25) is 0 Å². The third-order valence-electron chi connectivity index (χ3n) is 3.84. The maximum Gasteiger partial charge on any atom is 0.410 e. The SMILES string of the molecule is CC(C)(C)OC(=O)N1CCC(O)C(Cc2ccc(Cl)cc2Cl)C1. The third-order valence-corrected chi connectivity index (χ3v) is 4.43. The van der Waals surface area contributed by atoms with Gasteiger partial charge in [0.2, 0.25) is 0 Å². The van der Waals surface area contributed by atoms with E-state index in [0.29, 0.717) is 36.0 Å².